The SMILES string of the molecule is CCNC1(C#N)CCC(Sc2ncccc2Cl)C1. The van der Waals surface area contributed by atoms with Gasteiger partial charge < -0.3 is 0 Å². The summed E-state index contributed by atoms with van der Waals surface area (Å²) in [7, 11) is 0. The fourth-order valence-corrected chi connectivity index (χ4v) is 3.83. The highest BCUT2D eigenvalue weighted by Crippen LogP contribution is 2.40. The van der Waals surface area contributed by atoms with E-state index in [1.54, 1.807) is 18.0 Å². The second-order valence-electron chi connectivity index (χ2n) is 4.50. The molecule has 0 aromatic carbocycles. The molecule has 1 aliphatic rings. The maximum absolute atomic E-state index is 9.32. The minimum Gasteiger partial charge on any atom is -0.300 e. The highest BCUT2D eigenvalue weighted by Gasteiger charge is 2.39. The zero-order valence-electron chi connectivity index (χ0n) is 10.3. The normalized spacial score (nSPS) is 27.1. The summed E-state index contributed by atoms with van der Waals surface area (Å²) in [4.78, 5) is 4.29. The third kappa shape index (κ3) is 2.97. The molecule has 5 heteroatoms. The number of nitriles is 1. The Balaban J connectivity index is 2.02. The van der Waals surface area contributed by atoms with Gasteiger partial charge >= 0.3 is 0 Å². The number of aromatic nitrogens is 1. The summed E-state index contributed by atoms with van der Waals surface area (Å²) in [5, 5.41) is 14.6. The van der Waals surface area contributed by atoms with Gasteiger partial charge in [0.15, 0.2) is 0 Å². The van der Waals surface area contributed by atoms with Crippen LogP contribution >= 0.6 is 23.4 Å². The molecule has 0 spiro atoms. The molecule has 2 unspecified atom stereocenters. The van der Waals surface area contributed by atoms with Crippen molar-refractivity contribution < 1.29 is 0 Å². The van der Waals surface area contributed by atoms with Crippen molar-refractivity contribution in [3.63, 3.8) is 0 Å². The highest BCUT2D eigenvalue weighted by molar-refractivity contribution is 8.00. The Kier molecular flexibility index (Phi) is 4.50. The molecule has 0 aliphatic heterocycles. The molecule has 96 valence electrons. The van der Waals surface area contributed by atoms with Crippen molar-refractivity contribution in [3.05, 3.63) is 23.4 Å². The van der Waals surface area contributed by atoms with Gasteiger partial charge in [-0.1, -0.05) is 18.5 Å². The van der Waals surface area contributed by atoms with Gasteiger partial charge in [-0.2, -0.15) is 5.26 Å². The average molecular weight is 282 g/mol. The Morgan fingerprint density at radius 2 is 2.56 bits per heavy atom. The van der Waals surface area contributed by atoms with Crippen molar-refractivity contribution >= 4 is 23.4 Å². The second kappa shape index (κ2) is 5.92. The van der Waals surface area contributed by atoms with E-state index in [4.69, 9.17) is 11.6 Å². The van der Waals surface area contributed by atoms with Gasteiger partial charge in [0.25, 0.3) is 0 Å². The Hall–Kier alpha value is -0.760. The van der Waals surface area contributed by atoms with E-state index in [-0.39, 0.29) is 5.54 Å². The van der Waals surface area contributed by atoms with Crippen LogP contribution in [0.3, 0.4) is 0 Å². The number of hydrogen-bond donors (Lipinski definition) is 1. The van der Waals surface area contributed by atoms with Crippen LogP contribution in [0.4, 0.5) is 0 Å². The van der Waals surface area contributed by atoms with Crippen LogP contribution in [0, 0.1) is 11.3 Å². The largest absolute Gasteiger partial charge is 0.300 e. The minimum atomic E-state index is -0.353. The predicted octanol–water partition coefficient (Wildman–Crippen LogP) is 3.25. The van der Waals surface area contributed by atoms with Gasteiger partial charge in [0.2, 0.25) is 0 Å². The maximum Gasteiger partial charge on any atom is 0.115 e. The fraction of sp³-hybridized carbons (Fsp3) is 0.538. The van der Waals surface area contributed by atoms with Gasteiger partial charge in [0.05, 0.1) is 11.1 Å². The molecule has 1 saturated carbocycles. The van der Waals surface area contributed by atoms with E-state index in [0.717, 1.165) is 30.8 Å². The summed E-state index contributed by atoms with van der Waals surface area (Å²) in [5.41, 5.74) is -0.353. The molecular weight excluding hydrogens is 266 g/mol. The van der Waals surface area contributed by atoms with Crippen molar-refractivity contribution in [2.45, 2.75) is 42.0 Å². The summed E-state index contributed by atoms with van der Waals surface area (Å²) in [5.74, 6) is 0. The molecule has 1 heterocycles. The van der Waals surface area contributed by atoms with E-state index < -0.39 is 0 Å². The van der Waals surface area contributed by atoms with Gasteiger partial charge in [0, 0.05) is 11.4 Å². The Morgan fingerprint density at radius 3 is 3.22 bits per heavy atom. The number of nitrogens with one attached hydrogen (secondary N) is 1. The predicted molar refractivity (Wildman–Crippen MR) is 74.8 cm³/mol. The lowest BCUT2D eigenvalue weighted by molar-refractivity contribution is 0.436. The third-order valence-electron chi connectivity index (χ3n) is 3.20. The molecule has 3 nitrogen and oxygen atoms in total. The van der Waals surface area contributed by atoms with Gasteiger partial charge in [-0.3, -0.25) is 5.32 Å². The quantitative estimate of drug-likeness (QED) is 0.920. The van der Waals surface area contributed by atoms with E-state index in [0.29, 0.717) is 10.3 Å². The van der Waals surface area contributed by atoms with Gasteiger partial charge in [-0.05, 0) is 37.9 Å². The topological polar surface area (TPSA) is 48.7 Å². The van der Waals surface area contributed by atoms with Crippen LogP contribution < -0.4 is 5.32 Å². The maximum atomic E-state index is 9.32. The van der Waals surface area contributed by atoms with Crippen molar-refractivity contribution in [2.24, 2.45) is 0 Å². The lowest BCUT2D eigenvalue weighted by atomic mass is 10.0. The van der Waals surface area contributed by atoms with E-state index in [2.05, 4.69) is 16.4 Å². The first-order valence-corrected chi connectivity index (χ1v) is 7.38. The van der Waals surface area contributed by atoms with Gasteiger partial charge in [-0.25, -0.2) is 4.98 Å². The number of nitrogens with zero attached hydrogens (tertiary/aromatic N) is 2. The van der Waals surface area contributed by atoms with Crippen molar-refractivity contribution in [1.29, 1.82) is 5.26 Å². The minimum absolute atomic E-state index is 0.353. The third-order valence-corrected chi connectivity index (χ3v) is 4.90. The summed E-state index contributed by atoms with van der Waals surface area (Å²) >= 11 is 7.79. The number of halogens is 1. The number of rotatable bonds is 4. The molecule has 0 radical (unpaired) electrons. The molecule has 0 bridgehead atoms. The Labute approximate surface area is 117 Å². The van der Waals surface area contributed by atoms with Crippen LogP contribution in [0.25, 0.3) is 0 Å². The zero-order chi connectivity index (χ0) is 13.0. The molecule has 2 rings (SSSR count). The van der Waals surface area contributed by atoms with Crippen LogP contribution in [-0.4, -0.2) is 22.3 Å². The number of hydrogen-bond acceptors (Lipinski definition) is 4. The lowest BCUT2D eigenvalue weighted by Gasteiger charge is -2.21. The standard InChI is InChI=1S/C13H16ClN3S/c1-2-17-13(9-15)6-5-10(8-13)18-12-11(14)4-3-7-16-12/h3-4,7,10,17H,2,5-6,8H2,1H3. The number of pyridine rings is 1. The first-order valence-electron chi connectivity index (χ1n) is 6.12. The second-order valence-corrected chi connectivity index (χ2v) is 6.19. The van der Waals surface area contributed by atoms with Gasteiger partial charge in [-0.15, -0.1) is 11.8 Å². The molecule has 0 amide bonds. The van der Waals surface area contributed by atoms with Crippen LogP contribution in [0.15, 0.2) is 23.4 Å². The highest BCUT2D eigenvalue weighted by atomic mass is 35.5. The fourth-order valence-electron chi connectivity index (χ4n) is 2.36. The Bertz CT molecular complexity index is 460. The lowest BCUT2D eigenvalue weighted by Crippen LogP contribution is -2.41. The molecule has 1 aromatic heterocycles. The van der Waals surface area contributed by atoms with Crippen LogP contribution in [0.1, 0.15) is 26.2 Å². The van der Waals surface area contributed by atoms with Crippen molar-refractivity contribution in [2.75, 3.05) is 6.54 Å². The molecule has 18 heavy (non-hydrogen) atoms. The smallest absolute Gasteiger partial charge is 0.115 e. The summed E-state index contributed by atoms with van der Waals surface area (Å²) in [6.07, 6.45) is 4.54. The first-order chi connectivity index (χ1) is 8.69. The molecule has 2 atom stereocenters. The van der Waals surface area contributed by atoms with Crippen LogP contribution in [-0.2, 0) is 0 Å². The first kappa shape index (κ1) is 13.7. The molecule has 1 N–H and O–H groups in total. The van der Waals surface area contributed by atoms with Crippen LogP contribution in [0.5, 0.6) is 0 Å². The van der Waals surface area contributed by atoms with E-state index >= 15 is 0 Å². The molecule has 1 fully saturated rings. The monoisotopic (exact) mass is 281 g/mol. The summed E-state index contributed by atoms with van der Waals surface area (Å²) in [6, 6.07) is 6.12. The number of thioether (sulfide) groups is 1. The van der Waals surface area contributed by atoms with Crippen molar-refractivity contribution in [3.8, 4) is 6.07 Å². The zero-order valence-corrected chi connectivity index (χ0v) is 11.9. The van der Waals surface area contributed by atoms with E-state index in [1.807, 2.05) is 19.1 Å². The van der Waals surface area contributed by atoms with Crippen molar-refractivity contribution in [1.82, 2.24) is 10.3 Å². The van der Waals surface area contributed by atoms with Gasteiger partial charge in [0.1, 0.15) is 10.6 Å². The summed E-state index contributed by atoms with van der Waals surface area (Å²) < 4.78 is 0. The van der Waals surface area contributed by atoms with Crippen LogP contribution in [0.2, 0.25) is 5.02 Å². The average Bonchev–Trinajstić information content (AvgIpc) is 2.77. The summed E-state index contributed by atoms with van der Waals surface area (Å²) in [6.45, 7) is 2.87. The molecular formula is C13H16ClN3S. The molecule has 1 aromatic rings. The molecule has 1 aliphatic carbocycles. The van der Waals surface area contributed by atoms with E-state index in [9.17, 15) is 5.26 Å². The molecule has 0 saturated heterocycles. The Morgan fingerprint density at radius 1 is 1.72 bits per heavy atom. The van der Waals surface area contributed by atoms with E-state index in [1.165, 1.54) is 0 Å².